The van der Waals surface area contributed by atoms with Gasteiger partial charge in [0.2, 0.25) is 0 Å². The predicted octanol–water partition coefficient (Wildman–Crippen LogP) is 2.39. The average Bonchev–Trinajstić information content (AvgIpc) is 2.03. The van der Waals surface area contributed by atoms with Gasteiger partial charge in [-0.15, -0.1) is 0 Å². The highest BCUT2D eigenvalue weighted by atomic mass is 19.4. The molecule has 1 rings (SSSR count). The van der Waals surface area contributed by atoms with Gasteiger partial charge >= 0.3 is 6.18 Å². The van der Waals surface area contributed by atoms with E-state index in [1.165, 1.54) is 0 Å². The zero-order valence-electron chi connectivity index (χ0n) is 6.48. The molecular weight excluding hydrogens is 186 g/mol. The molecule has 0 bridgehead atoms. The zero-order chi connectivity index (χ0) is 10.1. The van der Waals surface area contributed by atoms with Crippen molar-refractivity contribution in [2.24, 2.45) is 5.73 Å². The van der Waals surface area contributed by atoms with Crippen molar-refractivity contribution in [3.05, 3.63) is 35.6 Å². The van der Waals surface area contributed by atoms with Crippen LogP contribution < -0.4 is 5.73 Å². The normalized spacial score (nSPS) is 14.2. The summed E-state index contributed by atoms with van der Waals surface area (Å²) in [5.41, 5.74) is 4.73. The van der Waals surface area contributed by atoms with Gasteiger partial charge in [0, 0.05) is 0 Å². The standard InChI is InChI=1S/C8H7F4N/c9-6-3-1-5(2-4-6)7(13)8(10,11)12/h1-4,7H,13H2/t7-/m0/s1. The quantitative estimate of drug-likeness (QED) is 0.681. The third-order valence-electron chi connectivity index (χ3n) is 1.58. The van der Waals surface area contributed by atoms with E-state index in [4.69, 9.17) is 5.73 Å². The van der Waals surface area contributed by atoms with E-state index in [-0.39, 0.29) is 5.56 Å². The first-order valence-electron chi connectivity index (χ1n) is 3.49. The Kier molecular flexibility index (Phi) is 2.56. The van der Waals surface area contributed by atoms with Gasteiger partial charge in [-0.3, -0.25) is 0 Å². The molecule has 0 saturated heterocycles. The largest absolute Gasteiger partial charge is 0.407 e. The first kappa shape index (κ1) is 9.98. The Bertz CT molecular complexity index is 277. The first-order chi connectivity index (χ1) is 5.91. The second-order valence-electron chi connectivity index (χ2n) is 2.57. The molecule has 1 aromatic rings. The van der Waals surface area contributed by atoms with Gasteiger partial charge in [0.15, 0.2) is 0 Å². The molecule has 0 spiro atoms. The highest BCUT2D eigenvalue weighted by Gasteiger charge is 2.37. The molecule has 0 aliphatic rings. The van der Waals surface area contributed by atoms with E-state index in [9.17, 15) is 17.6 Å². The number of nitrogens with two attached hydrogens (primary N) is 1. The van der Waals surface area contributed by atoms with Gasteiger partial charge in [-0.1, -0.05) is 12.1 Å². The maximum absolute atomic E-state index is 12.3. The fraction of sp³-hybridized carbons (Fsp3) is 0.250. The van der Waals surface area contributed by atoms with Crippen LogP contribution in [0.25, 0.3) is 0 Å². The molecule has 0 fully saturated rings. The molecule has 0 saturated carbocycles. The van der Waals surface area contributed by atoms with Gasteiger partial charge in [-0.2, -0.15) is 13.2 Å². The lowest BCUT2D eigenvalue weighted by molar-refractivity contribution is -0.149. The van der Waals surface area contributed by atoms with Crippen LogP contribution in [0.4, 0.5) is 17.6 Å². The number of hydrogen-bond donors (Lipinski definition) is 1. The Morgan fingerprint density at radius 3 is 1.92 bits per heavy atom. The highest BCUT2D eigenvalue weighted by molar-refractivity contribution is 5.20. The molecule has 0 radical (unpaired) electrons. The number of benzene rings is 1. The van der Waals surface area contributed by atoms with E-state index in [2.05, 4.69) is 0 Å². The minimum Gasteiger partial charge on any atom is -0.316 e. The maximum atomic E-state index is 12.3. The summed E-state index contributed by atoms with van der Waals surface area (Å²) >= 11 is 0. The Morgan fingerprint density at radius 1 is 1.08 bits per heavy atom. The van der Waals surface area contributed by atoms with E-state index >= 15 is 0 Å². The highest BCUT2D eigenvalue weighted by Crippen LogP contribution is 2.30. The summed E-state index contributed by atoms with van der Waals surface area (Å²) in [5, 5.41) is 0. The number of alkyl halides is 3. The molecule has 0 aromatic heterocycles. The van der Waals surface area contributed by atoms with Crippen LogP contribution in [0.15, 0.2) is 24.3 Å². The molecule has 0 aliphatic heterocycles. The third-order valence-corrected chi connectivity index (χ3v) is 1.58. The van der Waals surface area contributed by atoms with Gasteiger partial charge in [0.1, 0.15) is 11.9 Å². The van der Waals surface area contributed by atoms with Crippen molar-refractivity contribution >= 4 is 0 Å². The molecule has 0 unspecified atom stereocenters. The Labute approximate surface area is 72.2 Å². The van der Waals surface area contributed by atoms with Crippen LogP contribution in [0.3, 0.4) is 0 Å². The van der Waals surface area contributed by atoms with Crippen LogP contribution in [0, 0.1) is 5.82 Å². The summed E-state index contributed by atoms with van der Waals surface area (Å²) < 4.78 is 48.4. The maximum Gasteiger partial charge on any atom is 0.407 e. The van der Waals surface area contributed by atoms with E-state index in [0.29, 0.717) is 0 Å². The number of hydrogen-bond acceptors (Lipinski definition) is 1. The fourth-order valence-electron chi connectivity index (χ4n) is 0.859. The minimum absolute atomic E-state index is 0.145. The zero-order valence-corrected chi connectivity index (χ0v) is 6.48. The lowest BCUT2D eigenvalue weighted by atomic mass is 10.1. The lowest BCUT2D eigenvalue weighted by Gasteiger charge is -2.15. The molecule has 5 heteroatoms. The van der Waals surface area contributed by atoms with E-state index < -0.39 is 18.0 Å². The average molecular weight is 193 g/mol. The molecule has 0 heterocycles. The van der Waals surface area contributed by atoms with E-state index in [1.807, 2.05) is 0 Å². The summed E-state index contributed by atoms with van der Waals surface area (Å²) in [6.45, 7) is 0. The summed E-state index contributed by atoms with van der Waals surface area (Å²) in [5.74, 6) is -0.585. The third kappa shape index (κ3) is 2.42. The molecule has 2 N–H and O–H groups in total. The van der Waals surface area contributed by atoms with Crippen LogP contribution in [0.5, 0.6) is 0 Å². The smallest absolute Gasteiger partial charge is 0.316 e. The summed E-state index contributed by atoms with van der Waals surface area (Å²) in [7, 11) is 0. The van der Waals surface area contributed by atoms with Crippen LogP contribution in [-0.4, -0.2) is 6.18 Å². The van der Waals surface area contributed by atoms with Crippen LogP contribution in [-0.2, 0) is 0 Å². The Hall–Kier alpha value is -1.10. The van der Waals surface area contributed by atoms with Crippen molar-refractivity contribution < 1.29 is 17.6 Å². The van der Waals surface area contributed by atoms with Crippen molar-refractivity contribution in [3.8, 4) is 0 Å². The van der Waals surface area contributed by atoms with Gasteiger partial charge in [-0.05, 0) is 17.7 Å². The van der Waals surface area contributed by atoms with Crippen molar-refractivity contribution in [2.45, 2.75) is 12.2 Å². The molecular formula is C8H7F4N. The minimum atomic E-state index is -4.49. The second-order valence-corrected chi connectivity index (χ2v) is 2.57. The monoisotopic (exact) mass is 193 g/mol. The fourth-order valence-corrected chi connectivity index (χ4v) is 0.859. The number of rotatable bonds is 1. The Morgan fingerprint density at radius 2 is 1.54 bits per heavy atom. The molecule has 1 aromatic carbocycles. The van der Waals surface area contributed by atoms with Gasteiger partial charge in [0.25, 0.3) is 0 Å². The first-order valence-corrected chi connectivity index (χ1v) is 3.49. The summed E-state index contributed by atoms with van der Waals surface area (Å²) in [6.07, 6.45) is -4.49. The molecule has 13 heavy (non-hydrogen) atoms. The van der Waals surface area contributed by atoms with Crippen LogP contribution in [0.2, 0.25) is 0 Å². The second kappa shape index (κ2) is 3.33. The lowest BCUT2D eigenvalue weighted by Crippen LogP contribution is -2.28. The topological polar surface area (TPSA) is 26.0 Å². The summed E-state index contributed by atoms with van der Waals surface area (Å²) in [6, 6.07) is 1.89. The van der Waals surface area contributed by atoms with Gasteiger partial charge in [-0.25, -0.2) is 4.39 Å². The molecule has 0 aliphatic carbocycles. The van der Waals surface area contributed by atoms with Crippen molar-refractivity contribution in [2.75, 3.05) is 0 Å². The summed E-state index contributed by atoms with van der Waals surface area (Å²) in [4.78, 5) is 0. The molecule has 72 valence electrons. The molecule has 0 amide bonds. The van der Waals surface area contributed by atoms with Crippen molar-refractivity contribution in [3.63, 3.8) is 0 Å². The van der Waals surface area contributed by atoms with Crippen LogP contribution in [0.1, 0.15) is 11.6 Å². The van der Waals surface area contributed by atoms with Crippen molar-refractivity contribution in [1.82, 2.24) is 0 Å². The number of halogens is 4. The SMILES string of the molecule is N[C@@H](c1ccc(F)cc1)C(F)(F)F. The molecule has 1 atom stereocenters. The van der Waals surface area contributed by atoms with E-state index in [1.54, 1.807) is 0 Å². The van der Waals surface area contributed by atoms with E-state index in [0.717, 1.165) is 24.3 Å². The van der Waals surface area contributed by atoms with Crippen LogP contribution >= 0.6 is 0 Å². The van der Waals surface area contributed by atoms with Crippen molar-refractivity contribution in [1.29, 1.82) is 0 Å². The van der Waals surface area contributed by atoms with Gasteiger partial charge in [0.05, 0.1) is 0 Å². The van der Waals surface area contributed by atoms with Gasteiger partial charge < -0.3 is 5.73 Å². The predicted molar refractivity (Wildman–Crippen MR) is 39.4 cm³/mol. The molecule has 1 nitrogen and oxygen atoms in total. The Balaban J connectivity index is 2.90.